The lowest BCUT2D eigenvalue weighted by molar-refractivity contribution is -0.870. The van der Waals surface area contributed by atoms with Gasteiger partial charge in [-0.1, -0.05) is 132 Å². The summed E-state index contributed by atoms with van der Waals surface area (Å²) < 4.78 is 34.0. The summed E-state index contributed by atoms with van der Waals surface area (Å²) >= 11 is 0. The van der Waals surface area contributed by atoms with Crippen LogP contribution >= 0.6 is 7.82 Å². The number of nitrogens with zero attached hydrogens (tertiary/aromatic N) is 1. The molecule has 11 nitrogen and oxygen atoms in total. The summed E-state index contributed by atoms with van der Waals surface area (Å²) in [5.41, 5.74) is 0. The van der Waals surface area contributed by atoms with Crippen LogP contribution in [0.15, 0.2) is 85.3 Å². The van der Waals surface area contributed by atoms with Gasteiger partial charge >= 0.3 is 5.97 Å². The maximum absolute atomic E-state index is 12.7. The minimum absolute atomic E-state index is 0.0539. The van der Waals surface area contributed by atoms with Gasteiger partial charge in [-0.25, -0.2) is 0 Å². The lowest BCUT2D eigenvalue weighted by atomic mass is 10.1. The quantitative estimate of drug-likeness (QED) is 0.0104. The Labute approximate surface area is 352 Å². The summed E-state index contributed by atoms with van der Waals surface area (Å²) in [6.45, 7) is 4.09. The van der Waals surface area contributed by atoms with Crippen molar-refractivity contribution in [1.82, 2.24) is 0 Å². The average molecular weight is 838 g/mol. The standard InChI is InChI=1S/C46H80NO10P/c1-6-8-10-11-12-13-14-15-16-17-18-19-20-23-26-30-38-54-40-43(41-56-58(52,53)55-39-37-47(3,4)5)57-46(51)36-31-35-45(50)44(49)34-29-25-22-21-24-28-33-42(48)32-27-9-7-2/h9,15-16,21-22,24-25,27-30,33-34,38,42-45,48-50H,6-8,10-14,17-20,23,26,31-32,35-37,39-41H2,1-5H3/b16-15-,24-21+,25-22-,27-9-,33-28+,34-29-,38-30+/t42-,43+,44+,45+/m0/s1. The Hall–Kier alpha value is -2.60. The van der Waals surface area contributed by atoms with Gasteiger partial charge in [0.2, 0.25) is 0 Å². The summed E-state index contributed by atoms with van der Waals surface area (Å²) in [5, 5.41) is 30.5. The van der Waals surface area contributed by atoms with E-state index >= 15 is 0 Å². The number of phosphoric acid groups is 1. The number of unbranched alkanes of at least 4 members (excludes halogenated alkanes) is 11. The zero-order valence-electron chi connectivity index (χ0n) is 36.5. The molecule has 0 saturated heterocycles. The van der Waals surface area contributed by atoms with Gasteiger partial charge in [0, 0.05) is 6.42 Å². The smallest absolute Gasteiger partial charge is 0.306 e. The van der Waals surface area contributed by atoms with Crippen molar-refractivity contribution in [3.63, 3.8) is 0 Å². The number of rotatable bonds is 38. The van der Waals surface area contributed by atoms with E-state index in [0.29, 0.717) is 17.4 Å². The molecule has 0 radical (unpaired) electrons. The number of hydrogen-bond donors (Lipinski definition) is 3. The molecule has 0 fully saturated rings. The van der Waals surface area contributed by atoms with Gasteiger partial charge in [0.05, 0.1) is 52.3 Å². The van der Waals surface area contributed by atoms with Gasteiger partial charge in [-0.05, 0) is 70.3 Å². The molecule has 5 atom stereocenters. The highest BCUT2D eigenvalue weighted by atomic mass is 31.2. The largest absolute Gasteiger partial charge is 0.756 e. The number of phosphoric ester groups is 1. The van der Waals surface area contributed by atoms with E-state index in [4.69, 9.17) is 18.5 Å². The fraction of sp³-hybridized carbons (Fsp3) is 0.674. The molecule has 0 aliphatic heterocycles. The Bertz CT molecular complexity index is 1250. The highest BCUT2D eigenvalue weighted by molar-refractivity contribution is 7.45. The minimum atomic E-state index is -4.65. The minimum Gasteiger partial charge on any atom is -0.756 e. The van der Waals surface area contributed by atoms with E-state index in [2.05, 4.69) is 19.1 Å². The zero-order valence-corrected chi connectivity index (χ0v) is 37.4. The van der Waals surface area contributed by atoms with Gasteiger partial charge in [-0.3, -0.25) is 9.36 Å². The van der Waals surface area contributed by atoms with Crippen LogP contribution in [0.4, 0.5) is 0 Å². The molecule has 0 aromatic rings. The maximum atomic E-state index is 12.7. The highest BCUT2D eigenvalue weighted by Crippen LogP contribution is 2.38. The summed E-state index contributed by atoms with van der Waals surface area (Å²) in [6, 6.07) is 0. The van der Waals surface area contributed by atoms with Gasteiger partial charge in [0.15, 0.2) is 6.10 Å². The predicted molar refractivity (Wildman–Crippen MR) is 235 cm³/mol. The van der Waals surface area contributed by atoms with Crippen LogP contribution in [-0.4, -0.2) is 97.7 Å². The molecular formula is C46H80NO10P. The molecule has 0 aliphatic rings. The molecule has 0 aromatic heterocycles. The first-order chi connectivity index (χ1) is 27.8. The number of hydrogen-bond acceptors (Lipinski definition) is 10. The second-order valence-corrected chi connectivity index (χ2v) is 17.0. The first kappa shape index (κ1) is 55.4. The van der Waals surface area contributed by atoms with Gasteiger partial charge in [0.25, 0.3) is 7.82 Å². The fourth-order valence-corrected chi connectivity index (χ4v) is 6.05. The fourth-order valence-electron chi connectivity index (χ4n) is 5.32. The van der Waals surface area contributed by atoms with Crippen LogP contribution < -0.4 is 4.89 Å². The number of aliphatic hydroxyl groups is 3. The van der Waals surface area contributed by atoms with Crippen molar-refractivity contribution in [3.05, 3.63) is 85.3 Å². The summed E-state index contributed by atoms with van der Waals surface area (Å²) in [6.07, 6.45) is 39.2. The predicted octanol–water partition coefficient (Wildman–Crippen LogP) is 9.12. The van der Waals surface area contributed by atoms with Crippen LogP contribution in [0.1, 0.15) is 129 Å². The molecule has 0 aliphatic carbocycles. The molecular weight excluding hydrogens is 757 g/mol. The lowest BCUT2D eigenvalue weighted by Gasteiger charge is -2.28. The number of allylic oxidation sites excluding steroid dienone is 10. The first-order valence-electron chi connectivity index (χ1n) is 21.7. The van der Waals surface area contributed by atoms with Gasteiger partial charge < -0.3 is 43.2 Å². The van der Waals surface area contributed by atoms with Crippen LogP contribution in [0.3, 0.4) is 0 Å². The number of quaternary nitrogens is 1. The van der Waals surface area contributed by atoms with E-state index in [1.54, 1.807) is 42.5 Å². The molecule has 0 heterocycles. The molecule has 334 valence electrons. The van der Waals surface area contributed by atoms with E-state index in [0.717, 1.165) is 32.1 Å². The van der Waals surface area contributed by atoms with Crippen molar-refractivity contribution in [3.8, 4) is 0 Å². The Morgan fingerprint density at radius 2 is 1.29 bits per heavy atom. The van der Waals surface area contributed by atoms with Gasteiger partial charge in [-0.15, -0.1) is 0 Å². The van der Waals surface area contributed by atoms with Crippen molar-refractivity contribution in [2.75, 3.05) is 47.5 Å². The van der Waals surface area contributed by atoms with Crippen LogP contribution in [0.25, 0.3) is 0 Å². The van der Waals surface area contributed by atoms with E-state index < -0.39 is 44.8 Å². The maximum Gasteiger partial charge on any atom is 0.306 e. The molecule has 58 heavy (non-hydrogen) atoms. The Balaban J connectivity index is 4.69. The van der Waals surface area contributed by atoms with Gasteiger partial charge in [-0.2, -0.15) is 0 Å². The Morgan fingerprint density at radius 3 is 1.91 bits per heavy atom. The number of likely N-dealkylation sites (N-methyl/N-ethyl adjacent to an activating group) is 1. The number of ether oxygens (including phenoxy) is 2. The van der Waals surface area contributed by atoms with E-state index in [-0.39, 0.29) is 32.5 Å². The number of carbonyl (C=O) groups excluding carboxylic acids is 1. The Kier molecular flexibility index (Phi) is 35.7. The van der Waals surface area contributed by atoms with E-state index in [1.807, 2.05) is 46.3 Å². The highest BCUT2D eigenvalue weighted by Gasteiger charge is 2.21. The lowest BCUT2D eigenvalue weighted by Crippen LogP contribution is -2.37. The summed E-state index contributed by atoms with van der Waals surface area (Å²) in [7, 11) is 1.09. The molecule has 0 aromatic carbocycles. The zero-order chi connectivity index (χ0) is 43.2. The topological polar surface area (TPSA) is 155 Å². The first-order valence-corrected chi connectivity index (χ1v) is 23.1. The molecule has 0 saturated carbocycles. The molecule has 1 unspecified atom stereocenters. The third kappa shape index (κ3) is 38.9. The Morgan fingerprint density at radius 1 is 0.707 bits per heavy atom. The molecule has 12 heteroatoms. The third-order valence-corrected chi connectivity index (χ3v) is 9.80. The molecule has 3 N–H and O–H groups in total. The van der Waals surface area contributed by atoms with Crippen molar-refractivity contribution in [2.24, 2.45) is 0 Å². The van der Waals surface area contributed by atoms with E-state index in [9.17, 15) is 29.6 Å². The third-order valence-electron chi connectivity index (χ3n) is 8.84. The second kappa shape index (κ2) is 37.4. The average Bonchev–Trinajstić information content (AvgIpc) is 3.16. The van der Waals surface area contributed by atoms with Crippen LogP contribution in [0.5, 0.6) is 0 Å². The van der Waals surface area contributed by atoms with Crippen molar-refractivity contribution >= 4 is 13.8 Å². The molecule has 0 amide bonds. The number of carbonyl (C=O) groups is 1. The number of esters is 1. The second-order valence-electron chi connectivity index (χ2n) is 15.6. The SMILES string of the molecule is CC/C=C\C[C@H](O)/C=C/C=C/C=C\C=C/[C@@H](O)[C@H](O)CCCC(=O)O[C@H](CO/C=C/CCCCCC/C=C\CCCCCCCC)COP(=O)([O-])OCC[N+](C)(C)C. The molecule has 0 bridgehead atoms. The van der Waals surface area contributed by atoms with Crippen LogP contribution in [-0.2, 0) is 27.9 Å². The van der Waals surface area contributed by atoms with Crippen molar-refractivity contribution in [2.45, 2.75) is 154 Å². The van der Waals surface area contributed by atoms with E-state index in [1.165, 1.54) is 70.1 Å². The molecule has 0 rings (SSSR count). The molecule has 0 spiro atoms. The normalized spacial score (nSPS) is 16.2. The van der Waals surface area contributed by atoms with Gasteiger partial charge in [0.1, 0.15) is 19.8 Å². The van der Waals surface area contributed by atoms with Crippen LogP contribution in [0, 0.1) is 0 Å². The summed E-state index contributed by atoms with van der Waals surface area (Å²) in [4.78, 5) is 25.1. The number of aliphatic hydroxyl groups excluding tert-OH is 3. The monoisotopic (exact) mass is 838 g/mol. The van der Waals surface area contributed by atoms with Crippen LogP contribution in [0.2, 0.25) is 0 Å². The van der Waals surface area contributed by atoms with Crippen molar-refractivity contribution in [1.29, 1.82) is 0 Å². The summed E-state index contributed by atoms with van der Waals surface area (Å²) in [5.74, 6) is -0.615. The van der Waals surface area contributed by atoms with Crippen molar-refractivity contribution < 1.29 is 52.6 Å².